The van der Waals surface area contributed by atoms with Crippen molar-refractivity contribution in [2.45, 2.75) is 51.9 Å². The van der Waals surface area contributed by atoms with Crippen LogP contribution in [0.3, 0.4) is 0 Å². The molecule has 6 nitrogen and oxygen atoms in total. The van der Waals surface area contributed by atoms with Crippen molar-refractivity contribution < 1.29 is 4.79 Å². The monoisotopic (exact) mass is 412 g/mol. The predicted octanol–water partition coefficient (Wildman–Crippen LogP) is 3.97. The highest BCUT2D eigenvalue weighted by Gasteiger charge is 2.17. The van der Waals surface area contributed by atoms with Crippen molar-refractivity contribution in [3.05, 3.63) is 58.0 Å². The summed E-state index contributed by atoms with van der Waals surface area (Å²) < 4.78 is 1.70. The Morgan fingerprint density at radius 3 is 2.69 bits per heavy atom. The molecule has 1 amide bonds. The van der Waals surface area contributed by atoms with Crippen LogP contribution in [-0.2, 0) is 17.9 Å². The number of fused-ring (bicyclic) bond motifs is 1. The van der Waals surface area contributed by atoms with Crippen LogP contribution in [0.5, 0.6) is 0 Å². The third-order valence-electron chi connectivity index (χ3n) is 4.85. The summed E-state index contributed by atoms with van der Waals surface area (Å²) in [5.41, 5.74) is 3.14. The third-order valence-corrected chi connectivity index (χ3v) is 5.81. The summed E-state index contributed by atoms with van der Waals surface area (Å²) >= 11 is 1.34. The number of aryl methyl sites for hydroxylation is 1. The topological polar surface area (TPSA) is 71.0 Å². The van der Waals surface area contributed by atoms with Crippen molar-refractivity contribution >= 4 is 28.7 Å². The first-order valence-corrected chi connectivity index (χ1v) is 11.1. The molecule has 1 aromatic carbocycles. The van der Waals surface area contributed by atoms with Gasteiger partial charge in [-0.15, -0.1) is 0 Å². The Balaban J connectivity index is 1.79. The number of rotatable bonds is 9. The van der Waals surface area contributed by atoms with Crippen LogP contribution < -0.4 is 5.56 Å². The molecule has 0 aliphatic carbocycles. The molecule has 7 heteroatoms. The molecule has 3 aromatic rings. The number of carbonyl (C=O) groups is 1. The fourth-order valence-electron chi connectivity index (χ4n) is 3.23. The number of unbranched alkanes of at least 4 members (excludes halogenated alkanes) is 1. The minimum atomic E-state index is -0.0665. The summed E-state index contributed by atoms with van der Waals surface area (Å²) in [7, 11) is 0. The van der Waals surface area contributed by atoms with Gasteiger partial charge in [-0.05, 0) is 31.9 Å². The molecular weight excluding hydrogens is 384 g/mol. The molecular formula is C22H28N4O2S. The average Bonchev–Trinajstić information content (AvgIpc) is 3.11. The number of H-pyrrole nitrogens is 1. The maximum Gasteiger partial charge on any atom is 0.278 e. The van der Waals surface area contributed by atoms with Gasteiger partial charge in [-0.1, -0.05) is 55.4 Å². The van der Waals surface area contributed by atoms with E-state index in [9.17, 15) is 9.59 Å². The Hall–Kier alpha value is -2.54. The highest BCUT2D eigenvalue weighted by Crippen LogP contribution is 2.20. The lowest BCUT2D eigenvalue weighted by atomic mass is 10.2. The summed E-state index contributed by atoms with van der Waals surface area (Å²) in [5.74, 6) is 0.303. The standard InChI is InChI=1S/C22H28N4O2S/c1-4-6-12-26-21(28)20-18(13-16(3)23-20)24-22(26)29-15-19(27)25(5-2)14-17-10-8-7-9-11-17/h7-11,13,23H,4-6,12,14-15H2,1-3H3. The minimum absolute atomic E-state index is 0.0444. The van der Waals surface area contributed by atoms with Gasteiger partial charge in [0, 0.05) is 25.3 Å². The molecule has 0 aliphatic rings. The van der Waals surface area contributed by atoms with Crippen molar-refractivity contribution in [1.82, 2.24) is 19.4 Å². The normalized spacial score (nSPS) is 11.1. The van der Waals surface area contributed by atoms with Gasteiger partial charge in [-0.25, -0.2) is 4.98 Å². The Labute approximate surface area is 175 Å². The number of amides is 1. The van der Waals surface area contributed by atoms with E-state index in [1.54, 1.807) is 4.57 Å². The summed E-state index contributed by atoms with van der Waals surface area (Å²) in [6.07, 6.45) is 1.88. The first-order valence-electron chi connectivity index (χ1n) is 10.1. The summed E-state index contributed by atoms with van der Waals surface area (Å²) in [4.78, 5) is 35.4. The molecule has 0 unspecified atom stereocenters. The van der Waals surface area contributed by atoms with Gasteiger partial charge < -0.3 is 9.88 Å². The van der Waals surface area contributed by atoms with Gasteiger partial charge in [-0.3, -0.25) is 14.2 Å². The van der Waals surface area contributed by atoms with E-state index in [-0.39, 0.29) is 17.2 Å². The first-order chi connectivity index (χ1) is 14.0. The lowest BCUT2D eigenvalue weighted by Gasteiger charge is -2.21. The molecule has 0 saturated heterocycles. The average molecular weight is 413 g/mol. The summed E-state index contributed by atoms with van der Waals surface area (Å²) in [6.45, 7) is 7.82. The van der Waals surface area contributed by atoms with Crippen LogP contribution in [0.15, 0.2) is 46.3 Å². The number of hydrogen-bond acceptors (Lipinski definition) is 4. The van der Waals surface area contributed by atoms with Gasteiger partial charge in [0.25, 0.3) is 5.56 Å². The van der Waals surface area contributed by atoms with E-state index in [1.807, 2.05) is 55.1 Å². The van der Waals surface area contributed by atoms with Crippen molar-refractivity contribution in [3.8, 4) is 0 Å². The van der Waals surface area contributed by atoms with Gasteiger partial charge in [0.15, 0.2) is 5.16 Å². The van der Waals surface area contributed by atoms with Crippen molar-refractivity contribution in [1.29, 1.82) is 0 Å². The van der Waals surface area contributed by atoms with E-state index in [0.29, 0.717) is 35.8 Å². The molecule has 0 radical (unpaired) electrons. The van der Waals surface area contributed by atoms with Gasteiger partial charge in [0.1, 0.15) is 5.52 Å². The van der Waals surface area contributed by atoms with Gasteiger partial charge in [-0.2, -0.15) is 0 Å². The largest absolute Gasteiger partial charge is 0.353 e. The van der Waals surface area contributed by atoms with Crippen LogP contribution >= 0.6 is 11.8 Å². The molecule has 0 fully saturated rings. The Bertz CT molecular complexity index is 1030. The van der Waals surface area contributed by atoms with Crippen LogP contribution in [0.1, 0.15) is 37.9 Å². The molecule has 0 aliphatic heterocycles. The number of benzene rings is 1. The Kier molecular flexibility index (Phi) is 7.14. The molecule has 3 rings (SSSR count). The quantitative estimate of drug-likeness (QED) is 0.426. The molecule has 0 spiro atoms. The van der Waals surface area contributed by atoms with Gasteiger partial charge >= 0.3 is 0 Å². The molecule has 0 saturated carbocycles. The maximum absolute atomic E-state index is 12.9. The van der Waals surface area contributed by atoms with Gasteiger partial charge in [0.2, 0.25) is 5.91 Å². The van der Waals surface area contributed by atoms with E-state index >= 15 is 0 Å². The van der Waals surface area contributed by atoms with Crippen molar-refractivity contribution in [2.24, 2.45) is 0 Å². The van der Waals surface area contributed by atoms with E-state index in [4.69, 9.17) is 0 Å². The van der Waals surface area contributed by atoms with Crippen LogP contribution in [0.25, 0.3) is 11.0 Å². The Morgan fingerprint density at radius 2 is 2.00 bits per heavy atom. The SMILES string of the molecule is CCCCn1c(SCC(=O)N(CC)Cc2ccccc2)nc2cc(C)[nH]c2c1=O. The van der Waals surface area contributed by atoms with Crippen LogP contribution in [0.2, 0.25) is 0 Å². The summed E-state index contributed by atoms with van der Waals surface area (Å²) in [5, 5.41) is 0.610. The van der Waals surface area contributed by atoms with E-state index in [0.717, 1.165) is 24.1 Å². The summed E-state index contributed by atoms with van der Waals surface area (Å²) in [6, 6.07) is 11.8. The molecule has 0 atom stereocenters. The first kappa shape index (κ1) is 21.2. The van der Waals surface area contributed by atoms with Crippen molar-refractivity contribution in [2.75, 3.05) is 12.3 Å². The highest BCUT2D eigenvalue weighted by molar-refractivity contribution is 7.99. The third kappa shape index (κ3) is 5.09. The fourth-order valence-corrected chi connectivity index (χ4v) is 4.16. The number of hydrogen-bond donors (Lipinski definition) is 1. The minimum Gasteiger partial charge on any atom is -0.353 e. The molecule has 0 bridgehead atoms. The second kappa shape index (κ2) is 9.78. The predicted molar refractivity (Wildman–Crippen MR) is 118 cm³/mol. The van der Waals surface area contributed by atoms with E-state index < -0.39 is 0 Å². The second-order valence-corrected chi connectivity index (χ2v) is 8.04. The maximum atomic E-state index is 12.9. The van der Waals surface area contributed by atoms with E-state index in [1.165, 1.54) is 11.8 Å². The van der Waals surface area contributed by atoms with Crippen LogP contribution in [0.4, 0.5) is 0 Å². The molecule has 1 N–H and O–H groups in total. The van der Waals surface area contributed by atoms with Crippen LogP contribution in [0, 0.1) is 6.92 Å². The second-order valence-electron chi connectivity index (χ2n) is 7.10. The fraction of sp³-hybridized carbons (Fsp3) is 0.409. The zero-order chi connectivity index (χ0) is 20.8. The highest BCUT2D eigenvalue weighted by atomic mass is 32.2. The van der Waals surface area contributed by atoms with Crippen LogP contribution in [-0.4, -0.2) is 37.6 Å². The number of nitrogens with zero attached hydrogens (tertiary/aromatic N) is 3. The number of nitrogens with one attached hydrogen (secondary N) is 1. The molecule has 154 valence electrons. The van der Waals surface area contributed by atoms with Crippen molar-refractivity contribution in [3.63, 3.8) is 0 Å². The molecule has 2 heterocycles. The Morgan fingerprint density at radius 1 is 1.24 bits per heavy atom. The number of thioether (sulfide) groups is 1. The number of aromatic amines is 1. The lowest BCUT2D eigenvalue weighted by molar-refractivity contribution is -0.128. The zero-order valence-electron chi connectivity index (χ0n) is 17.3. The number of aromatic nitrogens is 3. The van der Waals surface area contributed by atoms with Gasteiger partial charge in [0.05, 0.1) is 11.3 Å². The number of carbonyl (C=O) groups excluding carboxylic acids is 1. The smallest absolute Gasteiger partial charge is 0.278 e. The zero-order valence-corrected chi connectivity index (χ0v) is 18.1. The molecule has 29 heavy (non-hydrogen) atoms. The van der Waals surface area contributed by atoms with E-state index in [2.05, 4.69) is 16.9 Å². The molecule has 2 aromatic heterocycles. The lowest BCUT2D eigenvalue weighted by Crippen LogP contribution is -2.32.